The lowest BCUT2D eigenvalue weighted by atomic mass is 10.1. The Morgan fingerprint density at radius 2 is 2.00 bits per heavy atom. The molecule has 1 N–H and O–H groups in total. The van der Waals surface area contributed by atoms with E-state index in [2.05, 4.69) is 36.1 Å². The third kappa shape index (κ3) is 5.43. The quantitative estimate of drug-likeness (QED) is 0.575. The van der Waals surface area contributed by atoms with Gasteiger partial charge >= 0.3 is 0 Å². The van der Waals surface area contributed by atoms with Crippen molar-refractivity contribution in [2.75, 3.05) is 53.5 Å². The minimum Gasteiger partial charge on any atom is -0.381 e. The summed E-state index contributed by atoms with van der Waals surface area (Å²) in [5.41, 5.74) is 0. The lowest BCUT2D eigenvalue weighted by Crippen LogP contribution is -2.42. The lowest BCUT2D eigenvalue weighted by molar-refractivity contribution is 0.181. The minimum absolute atomic E-state index is 0.648. The lowest BCUT2D eigenvalue weighted by Gasteiger charge is -2.26. The predicted molar refractivity (Wildman–Crippen MR) is 92.4 cm³/mol. The highest BCUT2D eigenvalue weighted by molar-refractivity contribution is 5.79. The average Bonchev–Trinajstić information content (AvgIpc) is 3.19. The first-order chi connectivity index (χ1) is 10.7. The Balaban J connectivity index is 1.77. The van der Waals surface area contributed by atoms with E-state index in [1.807, 2.05) is 0 Å². The number of rotatable bonds is 7. The number of nitrogens with one attached hydrogen (secondary N) is 1. The van der Waals surface area contributed by atoms with Crippen LogP contribution in [0.25, 0.3) is 0 Å². The topological polar surface area (TPSA) is 40.1 Å². The second-order valence-electron chi connectivity index (χ2n) is 6.76. The van der Waals surface area contributed by atoms with Gasteiger partial charge < -0.3 is 19.9 Å². The van der Waals surface area contributed by atoms with E-state index in [9.17, 15) is 0 Å². The van der Waals surface area contributed by atoms with Gasteiger partial charge in [0, 0.05) is 45.2 Å². The Labute approximate surface area is 136 Å². The predicted octanol–water partition coefficient (Wildman–Crippen LogP) is 1.79. The Morgan fingerprint density at radius 3 is 2.64 bits per heavy atom. The highest BCUT2D eigenvalue weighted by atomic mass is 16.5. The van der Waals surface area contributed by atoms with Crippen LogP contribution in [0.15, 0.2) is 4.99 Å². The van der Waals surface area contributed by atoms with Crippen LogP contribution >= 0.6 is 0 Å². The third-order valence-corrected chi connectivity index (χ3v) is 4.91. The molecule has 1 unspecified atom stereocenters. The van der Waals surface area contributed by atoms with E-state index < -0.39 is 0 Å². The average molecular weight is 310 g/mol. The van der Waals surface area contributed by atoms with Crippen molar-refractivity contribution in [1.29, 1.82) is 0 Å². The Hall–Kier alpha value is -0.810. The summed E-state index contributed by atoms with van der Waals surface area (Å²) in [4.78, 5) is 9.57. The van der Waals surface area contributed by atoms with Crippen molar-refractivity contribution >= 4 is 5.96 Å². The molecule has 0 amide bonds. The van der Waals surface area contributed by atoms with Crippen LogP contribution in [-0.2, 0) is 4.74 Å². The first-order valence-corrected chi connectivity index (χ1v) is 8.98. The van der Waals surface area contributed by atoms with Crippen molar-refractivity contribution in [3.63, 3.8) is 0 Å². The van der Waals surface area contributed by atoms with Crippen molar-refractivity contribution in [2.45, 2.75) is 45.1 Å². The number of guanidine groups is 1. The van der Waals surface area contributed by atoms with Crippen LogP contribution < -0.4 is 5.32 Å². The highest BCUT2D eigenvalue weighted by Gasteiger charge is 2.20. The minimum atomic E-state index is 0.648. The van der Waals surface area contributed by atoms with Crippen molar-refractivity contribution in [2.24, 2.45) is 10.9 Å². The second kappa shape index (κ2) is 9.36. The number of likely N-dealkylation sites (N-methyl/N-ethyl adjacent to an activating group) is 1. The van der Waals surface area contributed by atoms with Gasteiger partial charge in [-0.3, -0.25) is 4.99 Å². The van der Waals surface area contributed by atoms with Crippen LogP contribution in [0.5, 0.6) is 0 Å². The summed E-state index contributed by atoms with van der Waals surface area (Å²) in [5, 5.41) is 3.42. The molecular formula is C17H34N4O. The van der Waals surface area contributed by atoms with Gasteiger partial charge in [0.25, 0.3) is 0 Å². The molecule has 1 saturated carbocycles. The van der Waals surface area contributed by atoms with E-state index in [0.29, 0.717) is 5.92 Å². The zero-order valence-corrected chi connectivity index (χ0v) is 14.7. The van der Waals surface area contributed by atoms with Gasteiger partial charge in [-0.2, -0.15) is 0 Å². The maximum atomic E-state index is 5.47. The van der Waals surface area contributed by atoms with E-state index in [0.717, 1.165) is 51.4 Å². The number of aliphatic imine (C=N–C) groups is 1. The molecule has 1 aliphatic heterocycles. The molecule has 5 heteroatoms. The molecule has 2 aliphatic rings. The summed E-state index contributed by atoms with van der Waals surface area (Å²) in [6.07, 6.45) is 6.69. The largest absolute Gasteiger partial charge is 0.381 e. The summed E-state index contributed by atoms with van der Waals surface area (Å²) < 4.78 is 5.47. The van der Waals surface area contributed by atoms with Crippen molar-refractivity contribution in [1.82, 2.24) is 15.1 Å². The summed E-state index contributed by atoms with van der Waals surface area (Å²) in [5.74, 6) is 1.68. The molecule has 0 bridgehead atoms. The monoisotopic (exact) mass is 310 g/mol. The maximum Gasteiger partial charge on any atom is 0.193 e. The third-order valence-electron chi connectivity index (χ3n) is 4.91. The van der Waals surface area contributed by atoms with E-state index in [1.54, 1.807) is 0 Å². The van der Waals surface area contributed by atoms with Crippen molar-refractivity contribution < 1.29 is 4.74 Å². The van der Waals surface area contributed by atoms with Crippen molar-refractivity contribution in [3.05, 3.63) is 0 Å². The summed E-state index contributed by atoms with van der Waals surface area (Å²) in [6, 6.07) is 0.783. The van der Waals surface area contributed by atoms with Gasteiger partial charge in [0.15, 0.2) is 5.96 Å². The van der Waals surface area contributed by atoms with E-state index in [4.69, 9.17) is 9.73 Å². The van der Waals surface area contributed by atoms with Crippen LogP contribution in [0, 0.1) is 5.92 Å². The number of ether oxygens (including phenoxy) is 1. The maximum absolute atomic E-state index is 5.47. The van der Waals surface area contributed by atoms with Gasteiger partial charge in [0.05, 0.1) is 13.2 Å². The van der Waals surface area contributed by atoms with Crippen LogP contribution in [0.1, 0.15) is 39.0 Å². The normalized spacial score (nSPS) is 23.5. The molecule has 1 heterocycles. The Bertz CT molecular complexity index is 336. The molecule has 2 rings (SSSR count). The molecule has 22 heavy (non-hydrogen) atoms. The smallest absolute Gasteiger partial charge is 0.193 e. The van der Waals surface area contributed by atoms with Crippen LogP contribution in [0.4, 0.5) is 0 Å². The molecule has 2 fully saturated rings. The summed E-state index contributed by atoms with van der Waals surface area (Å²) >= 11 is 0. The first kappa shape index (κ1) is 17.5. The Morgan fingerprint density at radius 1 is 1.23 bits per heavy atom. The van der Waals surface area contributed by atoms with Gasteiger partial charge in [-0.05, 0) is 33.2 Å². The van der Waals surface area contributed by atoms with Gasteiger partial charge in [0.1, 0.15) is 0 Å². The standard InChI is InChI=1S/C17H34N4O/c1-4-18-17(21(3)13-15-9-12-22-14-15)19-10-11-20(2)16-7-5-6-8-16/h15-16H,4-14H2,1-3H3,(H,18,19). The zero-order chi connectivity index (χ0) is 15.8. The molecule has 1 saturated heterocycles. The van der Waals surface area contributed by atoms with E-state index in [1.165, 1.54) is 32.1 Å². The van der Waals surface area contributed by atoms with E-state index >= 15 is 0 Å². The van der Waals surface area contributed by atoms with Crippen LogP contribution in [0.3, 0.4) is 0 Å². The second-order valence-corrected chi connectivity index (χ2v) is 6.76. The fourth-order valence-corrected chi connectivity index (χ4v) is 3.51. The zero-order valence-electron chi connectivity index (χ0n) is 14.7. The molecule has 5 nitrogen and oxygen atoms in total. The molecule has 0 aromatic heterocycles. The molecule has 1 aliphatic carbocycles. The van der Waals surface area contributed by atoms with Gasteiger partial charge in [0.2, 0.25) is 0 Å². The number of hydrogen-bond acceptors (Lipinski definition) is 3. The Kier molecular flexibility index (Phi) is 7.46. The fourth-order valence-electron chi connectivity index (χ4n) is 3.51. The molecule has 0 aromatic rings. The van der Waals surface area contributed by atoms with Crippen LogP contribution in [0.2, 0.25) is 0 Å². The van der Waals surface area contributed by atoms with Crippen molar-refractivity contribution in [3.8, 4) is 0 Å². The molecule has 1 atom stereocenters. The summed E-state index contributed by atoms with van der Waals surface area (Å²) in [6.45, 7) is 7.83. The molecule has 0 aromatic carbocycles. The number of nitrogens with zero attached hydrogens (tertiary/aromatic N) is 3. The number of hydrogen-bond donors (Lipinski definition) is 1. The first-order valence-electron chi connectivity index (χ1n) is 8.98. The van der Waals surface area contributed by atoms with Gasteiger partial charge in [-0.1, -0.05) is 12.8 Å². The van der Waals surface area contributed by atoms with E-state index in [-0.39, 0.29) is 0 Å². The molecule has 128 valence electrons. The van der Waals surface area contributed by atoms with Gasteiger partial charge in [-0.25, -0.2) is 0 Å². The van der Waals surface area contributed by atoms with Gasteiger partial charge in [-0.15, -0.1) is 0 Å². The summed E-state index contributed by atoms with van der Waals surface area (Å²) in [7, 11) is 4.39. The fraction of sp³-hybridized carbons (Fsp3) is 0.941. The molecule has 0 spiro atoms. The SMILES string of the molecule is CCNC(=NCCN(C)C1CCCC1)N(C)CC1CCOC1. The highest BCUT2D eigenvalue weighted by Crippen LogP contribution is 2.21. The molecular weight excluding hydrogens is 276 g/mol. The van der Waals surface area contributed by atoms with Crippen LogP contribution in [-0.4, -0.2) is 75.3 Å². The molecule has 0 radical (unpaired) electrons.